The fourth-order valence-electron chi connectivity index (χ4n) is 9.40. The topological polar surface area (TPSA) is 413 Å². The van der Waals surface area contributed by atoms with Crippen LogP contribution < -0.4 is 60.6 Å². The van der Waals surface area contributed by atoms with Gasteiger partial charge in [0.05, 0.1) is 42.2 Å². The Balaban J connectivity index is 2.68. The molecule has 0 saturated carbocycles. The number of nitrogens with two attached hydrogens (primary N) is 5. The van der Waals surface area contributed by atoms with Crippen LogP contribution in [-0.4, -0.2) is 150 Å². The molecule has 0 bridgehead atoms. The van der Waals surface area contributed by atoms with Gasteiger partial charge in [0, 0.05) is 50.5 Å². The Labute approximate surface area is 460 Å². The average molecular weight is 1100 g/mol. The van der Waals surface area contributed by atoms with Crippen molar-refractivity contribution in [1.29, 1.82) is 0 Å². The van der Waals surface area contributed by atoms with Gasteiger partial charge in [-0.1, -0.05) is 63.4 Å². The largest absolute Gasteiger partial charge is 0.393 e. The van der Waals surface area contributed by atoms with Crippen molar-refractivity contribution in [3.05, 3.63) is 35.9 Å². The number of benzene rings is 1. The highest BCUT2D eigenvalue weighted by Crippen LogP contribution is 2.21. The number of Topliss-reactive ketones (excluding diaryl/α,β-unsaturated/α-hetero) is 4. The van der Waals surface area contributed by atoms with Crippen LogP contribution in [0.1, 0.15) is 136 Å². The van der Waals surface area contributed by atoms with Gasteiger partial charge in [-0.25, -0.2) is 0 Å². The molecular weight excluding hydrogens is 1010 g/mol. The highest BCUT2D eigenvalue weighted by atomic mass is 16.3. The predicted octanol–water partition coefficient (Wildman–Crippen LogP) is -1.02. The molecule has 11 atom stereocenters. The molecule has 18 N–H and O–H groups in total. The molecule has 6 amide bonds. The summed E-state index contributed by atoms with van der Waals surface area (Å²) in [5.74, 6) is -11.9. The summed E-state index contributed by atoms with van der Waals surface area (Å²) in [6, 6.07) is 2.47. The molecule has 0 spiro atoms. The van der Waals surface area contributed by atoms with Crippen molar-refractivity contribution in [2.24, 2.45) is 58.3 Å². The minimum absolute atomic E-state index is 0.0325. The molecule has 2 rings (SSSR count). The summed E-state index contributed by atoms with van der Waals surface area (Å²) in [6.07, 6.45) is -0.697. The predicted molar refractivity (Wildman–Crippen MR) is 294 cm³/mol. The van der Waals surface area contributed by atoms with Gasteiger partial charge in [0.2, 0.25) is 35.4 Å². The van der Waals surface area contributed by atoms with E-state index in [0.717, 1.165) is 25.7 Å². The first-order valence-electron chi connectivity index (χ1n) is 27.9. The summed E-state index contributed by atoms with van der Waals surface area (Å²) in [5, 5.41) is 37.6. The second-order valence-electron chi connectivity index (χ2n) is 21.2. The Morgan fingerprint density at radius 3 is 1.74 bits per heavy atom. The van der Waals surface area contributed by atoms with E-state index in [4.69, 9.17) is 28.7 Å². The summed E-state index contributed by atoms with van der Waals surface area (Å²) in [4.78, 5) is 140. The van der Waals surface area contributed by atoms with E-state index >= 15 is 0 Å². The number of aliphatic hydroxyl groups is 2. The average Bonchev–Trinajstić information content (AvgIpc) is 3.38. The number of nitrogens with one attached hydrogen (secondary N) is 6. The number of ketones is 4. The summed E-state index contributed by atoms with van der Waals surface area (Å²) in [5.41, 5.74) is 29.9. The van der Waals surface area contributed by atoms with Crippen LogP contribution >= 0.6 is 0 Å². The number of rotatable bonds is 28. The molecule has 1 saturated heterocycles. The Hall–Kier alpha value is -5.56. The monoisotopic (exact) mass is 1100 g/mol. The zero-order valence-electron chi connectivity index (χ0n) is 46.4. The van der Waals surface area contributed by atoms with Gasteiger partial charge in [0.1, 0.15) is 17.9 Å². The molecule has 0 radical (unpaired) electrons. The highest BCUT2D eigenvalue weighted by Gasteiger charge is 2.37. The second-order valence-corrected chi connectivity index (χ2v) is 21.2. The van der Waals surface area contributed by atoms with Crippen LogP contribution in [0.5, 0.6) is 0 Å². The van der Waals surface area contributed by atoms with Crippen LogP contribution in [0, 0.1) is 29.6 Å². The van der Waals surface area contributed by atoms with Gasteiger partial charge in [0.25, 0.3) is 0 Å². The van der Waals surface area contributed by atoms with E-state index in [-0.39, 0.29) is 102 Å². The number of hydrogen-bond acceptors (Lipinski definition) is 17. The van der Waals surface area contributed by atoms with Crippen LogP contribution in [0.25, 0.3) is 0 Å². The summed E-state index contributed by atoms with van der Waals surface area (Å²) < 4.78 is 0. The second kappa shape index (κ2) is 37.3. The van der Waals surface area contributed by atoms with Gasteiger partial charge in [-0.05, 0) is 116 Å². The minimum Gasteiger partial charge on any atom is -0.393 e. The highest BCUT2D eigenvalue weighted by molar-refractivity contribution is 5.98. The first kappa shape index (κ1) is 68.5. The van der Waals surface area contributed by atoms with Crippen molar-refractivity contribution >= 4 is 58.6 Å². The lowest BCUT2D eigenvalue weighted by Crippen LogP contribution is -2.57. The maximum Gasteiger partial charge on any atom is 0.243 e. The van der Waals surface area contributed by atoms with Crippen molar-refractivity contribution < 1.29 is 58.2 Å². The van der Waals surface area contributed by atoms with E-state index < -0.39 is 138 Å². The quantitative estimate of drug-likeness (QED) is 0.0447. The molecule has 1 aliphatic heterocycles. The van der Waals surface area contributed by atoms with Crippen molar-refractivity contribution in [2.45, 2.75) is 179 Å². The van der Waals surface area contributed by atoms with Gasteiger partial charge in [-0.2, -0.15) is 0 Å². The number of carbonyl (C=O) groups excluding carboxylic acids is 10. The Kier molecular flexibility index (Phi) is 32.8. The number of hydrogen-bond donors (Lipinski definition) is 13. The van der Waals surface area contributed by atoms with Gasteiger partial charge in [-0.3, -0.25) is 47.9 Å². The van der Waals surface area contributed by atoms with Crippen LogP contribution in [0.4, 0.5) is 0 Å². The molecule has 23 heteroatoms. The molecule has 1 aromatic carbocycles. The van der Waals surface area contributed by atoms with E-state index in [2.05, 4.69) is 31.9 Å². The lowest BCUT2D eigenvalue weighted by atomic mass is 9.89. The first-order chi connectivity index (χ1) is 37.1. The third kappa shape index (κ3) is 25.1. The minimum atomic E-state index is -1.41. The first-order valence-corrected chi connectivity index (χ1v) is 27.9. The van der Waals surface area contributed by atoms with E-state index in [1.165, 1.54) is 13.8 Å². The number of carbonyl (C=O) groups is 10. The van der Waals surface area contributed by atoms with Crippen LogP contribution in [0.2, 0.25) is 0 Å². The van der Waals surface area contributed by atoms with E-state index in [9.17, 15) is 58.2 Å². The smallest absolute Gasteiger partial charge is 0.243 e. The van der Waals surface area contributed by atoms with Crippen LogP contribution in [0.15, 0.2) is 30.3 Å². The molecular formula is C55H93N11O12. The molecule has 1 fully saturated rings. The Bertz CT molecular complexity index is 2080. The van der Waals surface area contributed by atoms with E-state index in [1.54, 1.807) is 30.3 Å². The maximum absolute atomic E-state index is 14.5. The fraction of sp³-hybridized carbons (Fsp3) is 0.709. The van der Waals surface area contributed by atoms with Crippen molar-refractivity contribution in [3.63, 3.8) is 0 Å². The van der Waals surface area contributed by atoms with Gasteiger partial charge in [-0.15, -0.1) is 0 Å². The van der Waals surface area contributed by atoms with Gasteiger partial charge >= 0.3 is 0 Å². The number of aliphatic hydroxyl groups excluding tert-OH is 2. The Morgan fingerprint density at radius 1 is 0.628 bits per heavy atom. The normalized spacial score (nSPS) is 23.4. The third-order valence-corrected chi connectivity index (χ3v) is 14.0. The number of amides is 6. The summed E-state index contributed by atoms with van der Waals surface area (Å²) in [6.45, 7) is 6.25. The summed E-state index contributed by atoms with van der Waals surface area (Å²) >= 11 is 0. The van der Waals surface area contributed by atoms with Crippen LogP contribution in [0.3, 0.4) is 0 Å². The zero-order valence-corrected chi connectivity index (χ0v) is 46.4. The molecule has 0 aliphatic carbocycles. The van der Waals surface area contributed by atoms with E-state index in [1.807, 2.05) is 13.8 Å². The van der Waals surface area contributed by atoms with Crippen molar-refractivity contribution in [1.82, 2.24) is 31.9 Å². The molecule has 0 aromatic heterocycles. The number of unbranched alkanes of at least 4 members (excludes halogenated alkanes) is 4. The SMILES string of the molecule is CC(C)C[C@@H]1NC(=O)[C@@H](Cc2ccccc2)CC(=O)[C@H](CCN)NC(=O)[C@@H](CC(=O)[C@H](CCN)NC(=O)[C@@H](CC(=O)CCCCCCCN)C(C)O)CCNC(=O)[C@H](C(C)O)CC(=O)[C@H](CCN)NC(=O)[C@H](CCN)NC1=O. The third-order valence-electron chi connectivity index (χ3n) is 14.0. The molecule has 440 valence electrons. The van der Waals surface area contributed by atoms with Gasteiger partial charge in [0.15, 0.2) is 17.3 Å². The molecule has 1 aliphatic rings. The maximum atomic E-state index is 14.5. The zero-order chi connectivity index (χ0) is 58.3. The van der Waals surface area contributed by atoms with Crippen LogP contribution in [-0.2, 0) is 54.4 Å². The van der Waals surface area contributed by atoms with E-state index in [0.29, 0.717) is 18.5 Å². The molecule has 1 heterocycles. The molecule has 78 heavy (non-hydrogen) atoms. The van der Waals surface area contributed by atoms with Crippen molar-refractivity contribution in [2.75, 3.05) is 39.3 Å². The lowest BCUT2D eigenvalue weighted by molar-refractivity contribution is -0.137. The van der Waals surface area contributed by atoms with Gasteiger partial charge < -0.3 is 70.8 Å². The molecule has 1 aromatic rings. The molecule has 2 unspecified atom stereocenters. The lowest BCUT2D eigenvalue weighted by Gasteiger charge is -2.28. The fourth-order valence-corrected chi connectivity index (χ4v) is 9.40. The molecule has 23 nitrogen and oxygen atoms in total. The summed E-state index contributed by atoms with van der Waals surface area (Å²) in [7, 11) is 0. The van der Waals surface area contributed by atoms with Crippen molar-refractivity contribution in [3.8, 4) is 0 Å². The Morgan fingerprint density at radius 2 is 1.17 bits per heavy atom. The standard InChI is InChI=1S/C55H93N11O12/c1-33(2)27-46-55(78)65-45(19-25-60)54(77)64-44(18-24-59)49(72)32-41(35(4)68)52(75)61-26-20-37(50(73)62-42(16-22-57)48(71)30-38(51(74)66-46)28-36-13-9-8-10-14-36)29-47(70)43(17-23-58)63-53(76)40(34(3)67)31-39(69)15-11-6-5-7-12-21-56/h8-10,13-14,33-35,37-38,40-46,67-68H,5-7,11-12,15-32,56-60H2,1-4H3,(H,61,75)(H,62,73)(H,63,76)(H,64,77)(H,65,78)(H,66,74)/t34?,35?,37-,38+,40+,41+,42+,43+,44+,45+,46+/m1/s1.